The van der Waals surface area contributed by atoms with Crippen LogP contribution in [0.2, 0.25) is 5.02 Å². The zero-order valence-electron chi connectivity index (χ0n) is 18.0. The molecule has 1 heterocycles. The molecule has 2 aromatic carbocycles. The maximum atomic E-state index is 12.6. The molecular weight excluding hydrogens is 514 g/mol. The van der Waals surface area contributed by atoms with Crippen LogP contribution >= 0.6 is 38.9 Å². The molecule has 5 nitrogen and oxygen atoms in total. The molecule has 0 atom stereocenters. The third kappa shape index (κ3) is 5.91. The van der Waals surface area contributed by atoms with Gasteiger partial charge in [0.1, 0.15) is 16.3 Å². The number of hydrogen-bond acceptors (Lipinski definition) is 5. The van der Waals surface area contributed by atoms with E-state index in [1.165, 1.54) is 18.4 Å². The van der Waals surface area contributed by atoms with Crippen LogP contribution in [-0.4, -0.2) is 25.6 Å². The summed E-state index contributed by atoms with van der Waals surface area (Å²) in [6, 6.07) is 13.1. The normalized spacial score (nSPS) is 10.7. The molecular formula is C24H23BrClNO4S. The van der Waals surface area contributed by atoms with Crippen LogP contribution in [0.15, 0.2) is 46.9 Å². The molecule has 0 unspecified atom stereocenters. The minimum Gasteiger partial charge on any atom is -0.492 e. The molecule has 0 saturated carbocycles. The first-order valence-electron chi connectivity index (χ1n) is 9.96. The lowest BCUT2D eigenvalue weighted by molar-refractivity contribution is -0.116. The van der Waals surface area contributed by atoms with Crippen molar-refractivity contribution in [2.45, 2.75) is 26.7 Å². The molecule has 0 fully saturated rings. The fourth-order valence-electron chi connectivity index (χ4n) is 3.25. The first kappa shape index (κ1) is 24.3. The van der Waals surface area contributed by atoms with Gasteiger partial charge in [-0.05, 0) is 71.6 Å². The Morgan fingerprint density at radius 1 is 1.16 bits per heavy atom. The van der Waals surface area contributed by atoms with Crippen molar-refractivity contribution in [1.82, 2.24) is 0 Å². The van der Waals surface area contributed by atoms with Crippen molar-refractivity contribution in [2.75, 3.05) is 19.0 Å². The standard InChI is InChI=1S/C24H23BrClNO4S/c1-14-9-10-19(18(25)12-14)31-11-5-8-20(28)27-23-22(24(29)30-3)21(15(2)32-23)16-6-4-7-17(26)13-16/h4,6-7,9-10,12-13H,5,8,11H2,1-3H3,(H,27,28). The summed E-state index contributed by atoms with van der Waals surface area (Å²) in [5.74, 6) is 0.0387. The van der Waals surface area contributed by atoms with Gasteiger partial charge in [-0.25, -0.2) is 4.79 Å². The molecule has 3 aromatic rings. The fourth-order valence-corrected chi connectivity index (χ4v) is 5.13. The number of carbonyl (C=O) groups excluding carboxylic acids is 2. The fraction of sp³-hybridized carbons (Fsp3) is 0.250. The summed E-state index contributed by atoms with van der Waals surface area (Å²) in [7, 11) is 1.32. The van der Waals surface area contributed by atoms with Gasteiger partial charge in [0.15, 0.2) is 0 Å². The van der Waals surface area contributed by atoms with Crippen molar-refractivity contribution < 1.29 is 19.1 Å². The maximum Gasteiger partial charge on any atom is 0.341 e. The van der Waals surface area contributed by atoms with E-state index in [2.05, 4.69) is 21.2 Å². The lowest BCUT2D eigenvalue weighted by Crippen LogP contribution is -2.15. The number of rotatable bonds is 8. The number of ether oxygens (including phenoxy) is 2. The van der Waals surface area contributed by atoms with E-state index in [-0.39, 0.29) is 12.3 Å². The number of carbonyl (C=O) groups is 2. The Labute approximate surface area is 204 Å². The smallest absolute Gasteiger partial charge is 0.341 e. The number of methoxy groups -OCH3 is 1. The molecule has 0 aliphatic rings. The summed E-state index contributed by atoms with van der Waals surface area (Å²) in [4.78, 5) is 26.0. The van der Waals surface area contributed by atoms with Crippen molar-refractivity contribution in [3.8, 4) is 16.9 Å². The molecule has 0 saturated heterocycles. The second kappa shape index (κ2) is 11.0. The molecule has 1 N–H and O–H groups in total. The zero-order valence-corrected chi connectivity index (χ0v) is 21.1. The topological polar surface area (TPSA) is 64.6 Å². The second-order valence-corrected chi connectivity index (χ2v) is 9.69. The van der Waals surface area contributed by atoms with Gasteiger partial charge in [-0.2, -0.15) is 0 Å². The molecule has 1 aromatic heterocycles. The first-order valence-corrected chi connectivity index (χ1v) is 12.0. The Bertz CT molecular complexity index is 1150. The molecule has 0 spiro atoms. The van der Waals surface area contributed by atoms with Gasteiger partial charge in [0.2, 0.25) is 5.91 Å². The molecule has 0 radical (unpaired) electrons. The highest BCUT2D eigenvalue weighted by atomic mass is 79.9. The van der Waals surface area contributed by atoms with Gasteiger partial charge in [0, 0.05) is 21.9 Å². The van der Waals surface area contributed by atoms with Crippen molar-refractivity contribution in [1.29, 1.82) is 0 Å². The number of esters is 1. The first-order chi connectivity index (χ1) is 15.3. The van der Waals surface area contributed by atoms with Crippen molar-refractivity contribution in [3.05, 3.63) is 68.0 Å². The average Bonchev–Trinajstić information content (AvgIpc) is 3.07. The zero-order chi connectivity index (χ0) is 23.3. The number of nitrogens with one attached hydrogen (secondary N) is 1. The Morgan fingerprint density at radius 3 is 2.62 bits per heavy atom. The Balaban J connectivity index is 1.69. The van der Waals surface area contributed by atoms with Gasteiger partial charge in [-0.15, -0.1) is 11.3 Å². The Kier molecular flexibility index (Phi) is 8.34. The number of aryl methyl sites for hydroxylation is 2. The quantitative estimate of drug-likeness (QED) is 0.248. The van der Waals surface area contributed by atoms with Crippen LogP contribution in [0.1, 0.15) is 33.6 Å². The summed E-state index contributed by atoms with van der Waals surface area (Å²) >= 11 is 11.0. The van der Waals surface area contributed by atoms with E-state index in [9.17, 15) is 9.59 Å². The van der Waals surface area contributed by atoms with Crippen LogP contribution in [0.4, 0.5) is 5.00 Å². The predicted molar refractivity (Wildman–Crippen MR) is 133 cm³/mol. The molecule has 0 bridgehead atoms. The SMILES string of the molecule is COC(=O)c1c(NC(=O)CCCOc2ccc(C)cc2Br)sc(C)c1-c1cccc(Cl)c1. The highest BCUT2D eigenvalue weighted by Crippen LogP contribution is 2.41. The van der Waals surface area contributed by atoms with Gasteiger partial charge in [-0.3, -0.25) is 4.79 Å². The summed E-state index contributed by atoms with van der Waals surface area (Å²) in [6.07, 6.45) is 0.790. The Morgan fingerprint density at radius 2 is 1.94 bits per heavy atom. The van der Waals surface area contributed by atoms with E-state index >= 15 is 0 Å². The summed E-state index contributed by atoms with van der Waals surface area (Å²) in [6.45, 7) is 4.30. The van der Waals surface area contributed by atoms with Crippen LogP contribution < -0.4 is 10.1 Å². The van der Waals surface area contributed by atoms with Gasteiger partial charge in [0.25, 0.3) is 0 Å². The van der Waals surface area contributed by atoms with Gasteiger partial charge in [0.05, 0.1) is 18.2 Å². The summed E-state index contributed by atoms with van der Waals surface area (Å²) in [5, 5.41) is 3.90. The molecule has 32 heavy (non-hydrogen) atoms. The van der Waals surface area contributed by atoms with Crippen molar-refractivity contribution in [3.63, 3.8) is 0 Å². The number of hydrogen-bond donors (Lipinski definition) is 1. The van der Waals surface area contributed by atoms with Crippen LogP contribution in [0.25, 0.3) is 11.1 Å². The molecule has 8 heteroatoms. The molecule has 168 valence electrons. The monoisotopic (exact) mass is 535 g/mol. The lowest BCUT2D eigenvalue weighted by atomic mass is 10.0. The molecule has 0 aliphatic carbocycles. The molecule has 1 amide bonds. The van der Waals surface area contributed by atoms with E-state index in [4.69, 9.17) is 21.1 Å². The number of halogens is 2. The van der Waals surface area contributed by atoms with Crippen LogP contribution in [0.5, 0.6) is 5.75 Å². The number of thiophene rings is 1. The third-order valence-corrected chi connectivity index (χ3v) is 6.61. The van der Waals surface area contributed by atoms with E-state index in [1.54, 1.807) is 12.1 Å². The summed E-state index contributed by atoms with van der Waals surface area (Å²) in [5.41, 5.74) is 2.98. The number of benzene rings is 2. The molecule has 3 rings (SSSR count). The predicted octanol–water partition coefficient (Wildman–Crippen LogP) is 7.03. The van der Waals surface area contributed by atoms with E-state index in [1.807, 2.05) is 44.2 Å². The third-order valence-electron chi connectivity index (χ3n) is 4.73. The van der Waals surface area contributed by atoms with Gasteiger partial charge < -0.3 is 14.8 Å². The van der Waals surface area contributed by atoms with Crippen LogP contribution in [0, 0.1) is 13.8 Å². The minimum atomic E-state index is -0.507. The van der Waals surface area contributed by atoms with Crippen LogP contribution in [0.3, 0.4) is 0 Å². The molecule has 0 aliphatic heterocycles. The lowest BCUT2D eigenvalue weighted by Gasteiger charge is -2.10. The second-order valence-electron chi connectivity index (χ2n) is 7.17. The van der Waals surface area contributed by atoms with E-state index < -0.39 is 5.97 Å². The van der Waals surface area contributed by atoms with Gasteiger partial charge >= 0.3 is 5.97 Å². The number of anilines is 1. The highest BCUT2D eigenvalue weighted by Gasteiger charge is 2.25. The van der Waals surface area contributed by atoms with Crippen molar-refractivity contribution >= 4 is 55.7 Å². The highest BCUT2D eigenvalue weighted by molar-refractivity contribution is 9.10. The largest absolute Gasteiger partial charge is 0.492 e. The van der Waals surface area contributed by atoms with Gasteiger partial charge in [-0.1, -0.05) is 29.8 Å². The summed E-state index contributed by atoms with van der Waals surface area (Å²) < 4.78 is 11.6. The average molecular weight is 537 g/mol. The van der Waals surface area contributed by atoms with E-state index in [0.29, 0.717) is 34.2 Å². The van der Waals surface area contributed by atoms with Crippen molar-refractivity contribution in [2.24, 2.45) is 0 Å². The number of amides is 1. The Hall–Kier alpha value is -2.35. The minimum absolute atomic E-state index is 0.194. The van der Waals surface area contributed by atoms with Crippen LogP contribution in [-0.2, 0) is 9.53 Å². The van der Waals surface area contributed by atoms with E-state index in [0.717, 1.165) is 26.2 Å². The maximum absolute atomic E-state index is 12.6.